The SMILES string of the molecule is CC1CC(=O)C(CN(C)CC(C)(C)C)C(C)C1. The van der Waals surface area contributed by atoms with Gasteiger partial charge in [0.25, 0.3) is 0 Å². The lowest BCUT2D eigenvalue weighted by Gasteiger charge is -2.35. The van der Waals surface area contributed by atoms with E-state index in [-0.39, 0.29) is 5.92 Å². The summed E-state index contributed by atoms with van der Waals surface area (Å²) in [4.78, 5) is 14.4. The van der Waals surface area contributed by atoms with E-state index < -0.39 is 0 Å². The van der Waals surface area contributed by atoms with Crippen LogP contribution in [0.2, 0.25) is 0 Å². The van der Waals surface area contributed by atoms with Crippen LogP contribution in [0, 0.1) is 23.2 Å². The smallest absolute Gasteiger partial charge is 0.137 e. The third-order valence-electron chi connectivity index (χ3n) is 3.68. The van der Waals surface area contributed by atoms with Gasteiger partial charge < -0.3 is 4.90 Å². The van der Waals surface area contributed by atoms with Gasteiger partial charge in [0, 0.05) is 25.4 Å². The highest BCUT2D eigenvalue weighted by Crippen LogP contribution is 2.31. The fourth-order valence-electron chi connectivity index (χ4n) is 3.19. The van der Waals surface area contributed by atoms with Gasteiger partial charge in [0.2, 0.25) is 0 Å². The van der Waals surface area contributed by atoms with Crippen molar-refractivity contribution in [2.45, 2.75) is 47.5 Å². The Morgan fingerprint density at radius 2 is 1.88 bits per heavy atom. The molecule has 1 aliphatic carbocycles. The van der Waals surface area contributed by atoms with Crippen LogP contribution >= 0.6 is 0 Å². The van der Waals surface area contributed by atoms with Crippen molar-refractivity contribution in [2.75, 3.05) is 20.1 Å². The maximum absolute atomic E-state index is 12.1. The van der Waals surface area contributed by atoms with Crippen LogP contribution in [-0.4, -0.2) is 30.8 Å². The Bertz CT molecular complexity index is 267. The van der Waals surface area contributed by atoms with E-state index in [4.69, 9.17) is 0 Å². The summed E-state index contributed by atoms with van der Waals surface area (Å²) in [5.41, 5.74) is 0.309. The Labute approximate surface area is 107 Å². The Morgan fingerprint density at radius 1 is 1.29 bits per heavy atom. The molecule has 0 saturated heterocycles. The summed E-state index contributed by atoms with van der Waals surface area (Å²) >= 11 is 0. The Morgan fingerprint density at radius 3 is 2.35 bits per heavy atom. The minimum Gasteiger partial charge on any atom is -0.305 e. The summed E-state index contributed by atoms with van der Waals surface area (Å²) < 4.78 is 0. The Kier molecular flexibility index (Phi) is 4.77. The normalized spacial score (nSPS) is 31.0. The zero-order valence-corrected chi connectivity index (χ0v) is 12.4. The number of ketones is 1. The number of hydrogen-bond donors (Lipinski definition) is 0. The number of carbonyl (C=O) groups is 1. The van der Waals surface area contributed by atoms with Crippen LogP contribution in [0.3, 0.4) is 0 Å². The van der Waals surface area contributed by atoms with Crippen molar-refractivity contribution in [3.05, 3.63) is 0 Å². The van der Waals surface area contributed by atoms with Crippen molar-refractivity contribution in [3.8, 4) is 0 Å². The minimum absolute atomic E-state index is 0.263. The first-order valence-corrected chi connectivity index (χ1v) is 6.90. The van der Waals surface area contributed by atoms with Crippen molar-refractivity contribution in [2.24, 2.45) is 23.2 Å². The molecule has 0 radical (unpaired) electrons. The second-order valence-electron chi connectivity index (χ2n) is 7.35. The van der Waals surface area contributed by atoms with Crippen LogP contribution in [0.15, 0.2) is 0 Å². The molecule has 3 unspecified atom stereocenters. The van der Waals surface area contributed by atoms with E-state index in [1.165, 1.54) is 6.42 Å². The summed E-state index contributed by atoms with van der Waals surface area (Å²) in [5.74, 6) is 1.88. The standard InChI is InChI=1S/C15H29NO/c1-11-7-12(2)13(14(17)8-11)9-16(6)10-15(3,4)5/h11-13H,7-10H2,1-6H3. The van der Waals surface area contributed by atoms with Crippen LogP contribution < -0.4 is 0 Å². The van der Waals surface area contributed by atoms with Crippen LogP contribution in [0.5, 0.6) is 0 Å². The summed E-state index contributed by atoms with van der Waals surface area (Å²) in [6.07, 6.45) is 2.00. The zero-order chi connectivity index (χ0) is 13.2. The molecule has 1 fully saturated rings. The largest absolute Gasteiger partial charge is 0.305 e. The molecule has 0 heterocycles. The molecule has 0 amide bonds. The molecule has 1 aliphatic rings. The quantitative estimate of drug-likeness (QED) is 0.753. The third kappa shape index (κ3) is 4.79. The number of hydrogen-bond acceptors (Lipinski definition) is 2. The van der Waals surface area contributed by atoms with E-state index in [1.807, 2.05) is 0 Å². The number of carbonyl (C=O) groups excluding carboxylic acids is 1. The predicted octanol–water partition coefficient (Wildman–Crippen LogP) is 3.22. The number of Topliss-reactive ketones (excluding diaryl/α,β-unsaturated/α-hetero) is 1. The predicted molar refractivity (Wildman–Crippen MR) is 73.0 cm³/mol. The van der Waals surface area contributed by atoms with Crippen molar-refractivity contribution in [1.82, 2.24) is 4.90 Å². The third-order valence-corrected chi connectivity index (χ3v) is 3.68. The molecule has 0 aliphatic heterocycles. The molecule has 2 nitrogen and oxygen atoms in total. The second kappa shape index (κ2) is 5.51. The van der Waals surface area contributed by atoms with Crippen molar-refractivity contribution in [1.29, 1.82) is 0 Å². The topological polar surface area (TPSA) is 20.3 Å². The van der Waals surface area contributed by atoms with E-state index >= 15 is 0 Å². The molecule has 0 aromatic heterocycles. The van der Waals surface area contributed by atoms with Gasteiger partial charge in [-0.2, -0.15) is 0 Å². The number of rotatable bonds is 3. The highest BCUT2D eigenvalue weighted by Gasteiger charge is 2.33. The van der Waals surface area contributed by atoms with Gasteiger partial charge in [-0.05, 0) is 30.7 Å². The fraction of sp³-hybridized carbons (Fsp3) is 0.933. The minimum atomic E-state index is 0.263. The van der Waals surface area contributed by atoms with E-state index in [1.54, 1.807) is 0 Å². The number of nitrogens with zero attached hydrogens (tertiary/aromatic N) is 1. The zero-order valence-electron chi connectivity index (χ0n) is 12.4. The average molecular weight is 239 g/mol. The van der Waals surface area contributed by atoms with Crippen LogP contribution in [-0.2, 0) is 4.79 Å². The van der Waals surface area contributed by atoms with Crippen molar-refractivity contribution >= 4 is 5.78 Å². The molecule has 0 bridgehead atoms. The van der Waals surface area contributed by atoms with Crippen molar-refractivity contribution in [3.63, 3.8) is 0 Å². The highest BCUT2D eigenvalue weighted by molar-refractivity contribution is 5.82. The summed E-state index contributed by atoms with van der Waals surface area (Å²) in [7, 11) is 2.14. The van der Waals surface area contributed by atoms with E-state index in [0.717, 1.165) is 19.5 Å². The van der Waals surface area contributed by atoms with Crippen molar-refractivity contribution < 1.29 is 4.79 Å². The molecule has 2 heteroatoms. The van der Waals surface area contributed by atoms with Gasteiger partial charge in [-0.25, -0.2) is 0 Å². The van der Waals surface area contributed by atoms with Gasteiger partial charge in [-0.3, -0.25) is 4.79 Å². The van der Waals surface area contributed by atoms with Gasteiger partial charge >= 0.3 is 0 Å². The summed E-state index contributed by atoms with van der Waals surface area (Å²) in [5, 5.41) is 0. The lowest BCUT2D eigenvalue weighted by atomic mass is 9.74. The molecule has 100 valence electrons. The Hall–Kier alpha value is -0.370. The molecule has 0 N–H and O–H groups in total. The molecule has 0 spiro atoms. The summed E-state index contributed by atoms with van der Waals surface area (Å²) in [6.45, 7) is 13.2. The van der Waals surface area contributed by atoms with Gasteiger partial charge in [0.15, 0.2) is 0 Å². The lowest BCUT2D eigenvalue weighted by molar-refractivity contribution is -0.128. The molecule has 3 atom stereocenters. The average Bonchev–Trinajstić information content (AvgIpc) is 2.08. The van der Waals surface area contributed by atoms with Crippen LogP contribution in [0.1, 0.15) is 47.5 Å². The Balaban J connectivity index is 2.52. The molecule has 0 aromatic rings. The monoisotopic (exact) mass is 239 g/mol. The molecule has 0 aromatic carbocycles. The first-order valence-electron chi connectivity index (χ1n) is 6.90. The van der Waals surface area contributed by atoms with E-state index in [9.17, 15) is 4.79 Å². The maximum Gasteiger partial charge on any atom is 0.137 e. The molecule has 1 saturated carbocycles. The van der Waals surface area contributed by atoms with Gasteiger partial charge in [-0.1, -0.05) is 34.6 Å². The first kappa shape index (κ1) is 14.7. The second-order valence-corrected chi connectivity index (χ2v) is 7.35. The molecule has 1 rings (SSSR count). The van der Waals surface area contributed by atoms with Gasteiger partial charge in [0.05, 0.1) is 0 Å². The molecular weight excluding hydrogens is 210 g/mol. The van der Waals surface area contributed by atoms with E-state index in [2.05, 4.69) is 46.6 Å². The van der Waals surface area contributed by atoms with Crippen LogP contribution in [0.25, 0.3) is 0 Å². The maximum atomic E-state index is 12.1. The lowest BCUT2D eigenvalue weighted by Crippen LogP contribution is -2.41. The van der Waals surface area contributed by atoms with E-state index in [0.29, 0.717) is 23.0 Å². The highest BCUT2D eigenvalue weighted by atomic mass is 16.1. The summed E-state index contributed by atoms with van der Waals surface area (Å²) in [6, 6.07) is 0. The molecular formula is C15H29NO. The van der Waals surface area contributed by atoms with Gasteiger partial charge in [-0.15, -0.1) is 0 Å². The first-order chi connectivity index (χ1) is 7.69. The molecule has 17 heavy (non-hydrogen) atoms. The fourth-order valence-corrected chi connectivity index (χ4v) is 3.19. The van der Waals surface area contributed by atoms with Gasteiger partial charge in [0.1, 0.15) is 5.78 Å². The van der Waals surface area contributed by atoms with Crippen LogP contribution in [0.4, 0.5) is 0 Å².